The van der Waals surface area contributed by atoms with Gasteiger partial charge in [0.15, 0.2) is 0 Å². The zero-order valence-electron chi connectivity index (χ0n) is 19.0. The highest BCUT2D eigenvalue weighted by atomic mass is 16.5. The Bertz CT molecular complexity index is 1070. The third kappa shape index (κ3) is 4.93. The van der Waals surface area contributed by atoms with Crippen LogP contribution in [0, 0.1) is 0 Å². The van der Waals surface area contributed by atoms with Crippen LogP contribution in [-0.2, 0) is 17.9 Å². The monoisotopic (exact) mass is 441 g/mol. The number of rotatable bonds is 6. The molecule has 0 bridgehead atoms. The number of hydrogen-bond donors (Lipinski definition) is 1. The van der Waals surface area contributed by atoms with Crippen LogP contribution in [0.1, 0.15) is 48.3 Å². The van der Waals surface area contributed by atoms with E-state index in [4.69, 9.17) is 4.74 Å². The smallest absolute Gasteiger partial charge is 0.220 e. The van der Waals surface area contributed by atoms with Crippen LogP contribution in [0.2, 0.25) is 0 Å². The van der Waals surface area contributed by atoms with Gasteiger partial charge in [0.05, 0.1) is 5.54 Å². The fraction of sp³-hybridized carbons (Fsp3) is 0.357. The maximum absolute atomic E-state index is 12.6. The number of para-hydroxylation sites is 1. The van der Waals surface area contributed by atoms with Crippen molar-refractivity contribution in [3.63, 3.8) is 0 Å². The number of hydrogen-bond acceptors (Lipinski definition) is 4. The molecule has 33 heavy (non-hydrogen) atoms. The van der Waals surface area contributed by atoms with Crippen LogP contribution in [0.5, 0.6) is 5.75 Å². The second-order valence-electron chi connectivity index (χ2n) is 9.30. The van der Waals surface area contributed by atoms with Gasteiger partial charge in [0.25, 0.3) is 0 Å². The van der Waals surface area contributed by atoms with Crippen molar-refractivity contribution in [1.82, 2.24) is 15.2 Å². The molecule has 1 aromatic heterocycles. The molecule has 0 saturated carbocycles. The maximum atomic E-state index is 12.6. The molecule has 2 aliphatic heterocycles. The summed E-state index contributed by atoms with van der Waals surface area (Å²) in [4.78, 5) is 19.3. The fourth-order valence-corrected chi connectivity index (χ4v) is 5.41. The molecule has 5 nitrogen and oxygen atoms in total. The minimum absolute atomic E-state index is 0.190. The average Bonchev–Trinajstić information content (AvgIpc) is 3.08. The van der Waals surface area contributed by atoms with E-state index < -0.39 is 0 Å². The molecule has 0 unspecified atom stereocenters. The molecule has 0 radical (unpaired) electrons. The van der Waals surface area contributed by atoms with Crippen LogP contribution < -0.4 is 10.1 Å². The highest BCUT2D eigenvalue weighted by molar-refractivity contribution is 5.77. The Kier molecular flexibility index (Phi) is 6.40. The molecule has 170 valence electrons. The molecule has 0 aliphatic carbocycles. The molecule has 1 amide bonds. The molecule has 2 aliphatic rings. The number of likely N-dealkylation sites (tertiary alicyclic amines) is 1. The van der Waals surface area contributed by atoms with Crippen LogP contribution in [0.3, 0.4) is 0 Å². The first-order valence-corrected chi connectivity index (χ1v) is 11.9. The molecule has 1 spiro atoms. The molecule has 2 saturated heterocycles. The van der Waals surface area contributed by atoms with Crippen molar-refractivity contribution in [2.24, 2.45) is 0 Å². The van der Waals surface area contributed by atoms with Gasteiger partial charge in [-0.05, 0) is 30.5 Å². The van der Waals surface area contributed by atoms with Crippen LogP contribution in [0.25, 0.3) is 0 Å². The Morgan fingerprint density at radius 2 is 1.88 bits per heavy atom. The van der Waals surface area contributed by atoms with Crippen molar-refractivity contribution in [3.05, 3.63) is 95.8 Å². The van der Waals surface area contributed by atoms with Crippen molar-refractivity contribution < 1.29 is 9.53 Å². The highest BCUT2D eigenvalue weighted by Crippen LogP contribution is 2.41. The van der Waals surface area contributed by atoms with Crippen LogP contribution in [0.15, 0.2) is 79.1 Å². The summed E-state index contributed by atoms with van der Waals surface area (Å²) in [6.07, 6.45) is 7.32. The zero-order valence-corrected chi connectivity index (χ0v) is 19.0. The van der Waals surface area contributed by atoms with Crippen LogP contribution >= 0.6 is 0 Å². The molecule has 3 aromatic rings. The van der Waals surface area contributed by atoms with Gasteiger partial charge in [-0.15, -0.1) is 0 Å². The Morgan fingerprint density at radius 1 is 1.03 bits per heavy atom. The molecule has 3 heterocycles. The number of carbonyl (C=O) groups is 1. The summed E-state index contributed by atoms with van der Waals surface area (Å²) in [5.74, 6) is 1.38. The molecule has 5 rings (SSSR count). The normalized spacial score (nSPS) is 23.3. The maximum Gasteiger partial charge on any atom is 0.220 e. The Labute approximate surface area is 195 Å². The summed E-state index contributed by atoms with van der Waals surface area (Å²) in [5, 5.41) is 3.46. The fourth-order valence-electron chi connectivity index (χ4n) is 5.41. The van der Waals surface area contributed by atoms with Crippen LogP contribution in [-0.4, -0.2) is 34.4 Å². The first-order valence-electron chi connectivity index (χ1n) is 11.9. The summed E-state index contributed by atoms with van der Waals surface area (Å²) >= 11 is 0. The summed E-state index contributed by atoms with van der Waals surface area (Å²) in [5.41, 5.74) is 3.33. The standard InChI is InChI=1S/C28H31N3O2/c32-27-14-6-7-15-28(30-27)21-31(19-25(28)23-10-2-1-3-11-23)18-24-12-4-5-13-26(24)33-20-22-9-8-16-29-17-22/h1-5,8-13,16-17,25H,6-7,14-15,18-21H2,(H,30,32)/t25-,28+/m0/s1. The van der Waals surface area contributed by atoms with Gasteiger partial charge < -0.3 is 10.1 Å². The van der Waals surface area contributed by atoms with E-state index in [9.17, 15) is 4.79 Å². The number of ether oxygens (including phenoxy) is 1. The number of carbonyl (C=O) groups excluding carboxylic acids is 1. The number of benzene rings is 2. The lowest BCUT2D eigenvalue weighted by atomic mass is 9.79. The van der Waals surface area contributed by atoms with Crippen molar-refractivity contribution in [1.29, 1.82) is 0 Å². The zero-order chi connectivity index (χ0) is 22.5. The minimum Gasteiger partial charge on any atom is -0.489 e. The average molecular weight is 442 g/mol. The van der Waals surface area contributed by atoms with Crippen LogP contribution in [0.4, 0.5) is 0 Å². The lowest BCUT2D eigenvalue weighted by Crippen LogP contribution is -2.52. The van der Waals surface area contributed by atoms with Gasteiger partial charge in [0.2, 0.25) is 5.91 Å². The van der Waals surface area contributed by atoms with Gasteiger partial charge in [-0.1, -0.05) is 61.0 Å². The van der Waals surface area contributed by atoms with Crippen molar-refractivity contribution >= 4 is 5.91 Å². The van der Waals surface area contributed by atoms with Gasteiger partial charge in [0, 0.05) is 55.5 Å². The molecule has 2 atom stereocenters. The van der Waals surface area contributed by atoms with Gasteiger partial charge in [-0.2, -0.15) is 0 Å². The Hall–Kier alpha value is -3.18. The second-order valence-corrected chi connectivity index (χ2v) is 9.30. The van der Waals surface area contributed by atoms with E-state index in [1.165, 1.54) is 11.1 Å². The number of amides is 1. The molecule has 5 heteroatoms. The molecule has 1 N–H and O–H groups in total. The van der Waals surface area contributed by atoms with E-state index in [0.717, 1.165) is 50.2 Å². The van der Waals surface area contributed by atoms with E-state index >= 15 is 0 Å². The quantitative estimate of drug-likeness (QED) is 0.603. The predicted octanol–water partition coefficient (Wildman–Crippen LogP) is 4.69. The van der Waals surface area contributed by atoms with E-state index in [-0.39, 0.29) is 17.4 Å². The second kappa shape index (κ2) is 9.75. The van der Waals surface area contributed by atoms with E-state index in [0.29, 0.717) is 13.0 Å². The van der Waals surface area contributed by atoms with Crippen molar-refractivity contribution in [2.45, 2.75) is 50.3 Å². The van der Waals surface area contributed by atoms with Gasteiger partial charge in [-0.25, -0.2) is 0 Å². The summed E-state index contributed by atoms with van der Waals surface area (Å²) in [6, 6.07) is 22.9. The third-order valence-electron chi connectivity index (χ3n) is 6.96. The minimum atomic E-state index is -0.208. The van der Waals surface area contributed by atoms with E-state index in [2.05, 4.69) is 57.7 Å². The van der Waals surface area contributed by atoms with Crippen molar-refractivity contribution in [3.8, 4) is 5.75 Å². The third-order valence-corrected chi connectivity index (χ3v) is 6.96. The summed E-state index contributed by atoms with van der Waals surface area (Å²) in [6.45, 7) is 3.07. The molecule has 2 aromatic carbocycles. The highest BCUT2D eigenvalue weighted by Gasteiger charge is 2.48. The molecule has 2 fully saturated rings. The Balaban J connectivity index is 1.37. The SMILES string of the molecule is O=C1CCCC[C@]2(CN(Cc3ccccc3OCc3cccnc3)C[C@H]2c2ccccc2)N1. The predicted molar refractivity (Wildman–Crippen MR) is 129 cm³/mol. The largest absolute Gasteiger partial charge is 0.489 e. The van der Waals surface area contributed by atoms with E-state index in [1.54, 1.807) is 6.20 Å². The van der Waals surface area contributed by atoms with E-state index in [1.807, 2.05) is 30.5 Å². The first kappa shape index (κ1) is 21.7. The number of pyridine rings is 1. The van der Waals surface area contributed by atoms with Gasteiger partial charge in [-0.3, -0.25) is 14.7 Å². The van der Waals surface area contributed by atoms with Crippen molar-refractivity contribution in [2.75, 3.05) is 13.1 Å². The Morgan fingerprint density at radius 3 is 2.73 bits per heavy atom. The number of nitrogens with one attached hydrogen (secondary N) is 1. The first-order chi connectivity index (χ1) is 16.2. The topological polar surface area (TPSA) is 54.5 Å². The number of aromatic nitrogens is 1. The number of nitrogens with zero attached hydrogens (tertiary/aromatic N) is 2. The lowest BCUT2D eigenvalue weighted by molar-refractivity contribution is -0.122. The molecular formula is C28H31N3O2. The summed E-state index contributed by atoms with van der Waals surface area (Å²) in [7, 11) is 0. The van der Waals surface area contributed by atoms with Gasteiger partial charge >= 0.3 is 0 Å². The summed E-state index contributed by atoms with van der Waals surface area (Å²) < 4.78 is 6.18. The lowest BCUT2D eigenvalue weighted by Gasteiger charge is -2.35. The van der Waals surface area contributed by atoms with Gasteiger partial charge in [0.1, 0.15) is 12.4 Å². The molecular weight excluding hydrogens is 410 g/mol.